The van der Waals surface area contributed by atoms with E-state index in [1.807, 2.05) is 11.8 Å². The van der Waals surface area contributed by atoms with Crippen molar-refractivity contribution in [2.45, 2.75) is 69.7 Å². The topological polar surface area (TPSA) is 39.7 Å². The molecule has 0 aromatic heterocycles. The molecule has 3 unspecified atom stereocenters. The fraction of sp³-hybridized carbons (Fsp3) is 0.941. The van der Waals surface area contributed by atoms with Gasteiger partial charge in [0.1, 0.15) is 0 Å². The van der Waals surface area contributed by atoms with Crippen LogP contribution in [-0.2, 0) is 0 Å². The Kier molecular flexibility index (Phi) is 7.87. The van der Waals surface area contributed by atoms with Crippen LogP contribution in [-0.4, -0.2) is 60.6 Å². The fourth-order valence-corrected chi connectivity index (χ4v) is 4.40. The summed E-state index contributed by atoms with van der Waals surface area (Å²) in [5.41, 5.74) is 0. The first-order valence-corrected chi connectivity index (χ1v) is 10.4. The Hall–Kier alpha value is -0.420. The highest BCUT2D eigenvalue weighted by Gasteiger charge is 2.25. The minimum Gasteiger partial charge on any atom is -0.357 e. The molecule has 1 heterocycles. The molecule has 0 radical (unpaired) electrons. The minimum absolute atomic E-state index is 0.599. The maximum absolute atomic E-state index is 4.89. The molecule has 0 aromatic rings. The molecule has 1 saturated heterocycles. The molecule has 0 spiro atoms. The summed E-state index contributed by atoms with van der Waals surface area (Å²) in [7, 11) is 0. The summed E-state index contributed by atoms with van der Waals surface area (Å²) >= 11 is 2.01. The molecular formula is C17H34N4S. The van der Waals surface area contributed by atoms with Gasteiger partial charge in [-0.25, -0.2) is 0 Å². The van der Waals surface area contributed by atoms with E-state index < -0.39 is 0 Å². The third-order valence-corrected chi connectivity index (χ3v) is 6.09. The van der Waals surface area contributed by atoms with Crippen molar-refractivity contribution >= 4 is 17.7 Å². The first-order chi connectivity index (χ1) is 10.8. The van der Waals surface area contributed by atoms with Crippen LogP contribution in [0.5, 0.6) is 0 Å². The van der Waals surface area contributed by atoms with E-state index in [0.717, 1.165) is 24.3 Å². The largest absolute Gasteiger partial charge is 0.357 e. The third kappa shape index (κ3) is 5.34. The summed E-state index contributed by atoms with van der Waals surface area (Å²) in [4.78, 5) is 7.51. The highest BCUT2D eigenvalue weighted by atomic mass is 32.2. The number of aliphatic imine (C=N–C) groups is 1. The van der Waals surface area contributed by atoms with E-state index in [0.29, 0.717) is 12.1 Å². The lowest BCUT2D eigenvalue weighted by molar-refractivity contribution is 0.242. The molecule has 3 atom stereocenters. The van der Waals surface area contributed by atoms with Gasteiger partial charge in [0, 0.05) is 23.9 Å². The molecule has 0 bridgehead atoms. The summed E-state index contributed by atoms with van der Waals surface area (Å²) in [6.07, 6.45) is 10.0. The van der Waals surface area contributed by atoms with E-state index >= 15 is 0 Å². The van der Waals surface area contributed by atoms with Crippen LogP contribution in [0.1, 0.15) is 52.4 Å². The van der Waals surface area contributed by atoms with Gasteiger partial charge in [-0.05, 0) is 64.8 Å². The van der Waals surface area contributed by atoms with Crippen LogP contribution in [0.4, 0.5) is 0 Å². The maximum Gasteiger partial charge on any atom is 0.191 e. The van der Waals surface area contributed by atoms with Gasteiger partial charge in [-0.1, -0.05) is 6.92 Å². The Balaban J connectivity index is 1.85. The van der Waals surface area contributed by atoms with E-state index in [9.17, 15) is 0 Å². The fourth-order valence-electron chi connectivity index (χ4n) is 3.60. The smallest absolute Gasteiger partial charge is 0.191 e. The number of nitrogens with one attached hydrogen (secondary N) is 2. The second kappa shape index (κ2) is 9.66. The summed E-state index contributed by atoms with van der Waals surface area (Å²) in [5, 5.41) is 7.91. The van der Waals surface area contributed by atoms with Crippen molar-refractivity contribution in [2.75, 3.05) is 32.4 Å². The average molecular weight is 327 g/mol. The lowest BCUT2D eigenvalue weighted by Gasteiger charge is -2.25. The lowest BCUT2D eigenvalue weighted by Crippen LogP contribution is -2.44. The lowest BCUT2D eigenvalue weighted by atomic mass is 10.2. The zero-order chi connectivity index (χ0) is 15.8. The minimum atomic E-state index is 0.599. The van der Waals surface area contributed by atoms with Gasteiger partial charge in [0.05, 0.1) is 6.54 Å². The quantitative estimate of drug-likeness (QED) is 0.557. The zero-order valence-electron chi connectivity index (χ0n) is 14.6. The van der Waals surface area contributed by atoms with Crippen molar-refractivity contribution in [2.24, 2.45) is 4.99 Å². The van der Waals surface area contributed by atoms with Crippen LogP contribution in [0.2, 0.25) is 0 Å². The van der Waals surface area contributed by atoms with Crippen molar-refractivity contribution in [3.05, 3.63) is 0 Å². The summed E-state index contributed by atoms with van der Waals surface area (Å²) in [5.74, 6) is 1.02. The van der Waals surface area contributed by atoms with Gasteiger partial charge in [-0.2, -0.15) is 11.8 Å². The molecule has 5 heteroatoms. The molecule has 2 rings (SSSR count). The van der Waals surface area contributed by atoms with Gasteiger partial charge in [0.15, 0.2) is 5.96 Å². The number of thioether (sulfide) groups is 1. The Morgan fingerprint density at radius 1 is 1.27 bits per heavy atom. The standard InChI is InChI=1S/C17H34N4S/c1-4-15(21-10-6-7-11-21)13-19-17(18-5-2)20-14-8-9-16(12-14)22-3/h14-16H,4-13H2,1-3H3,(H2,18,19,20). The van der Waals surface area contributed by atoms with Gasteiger partial charge in [0.25, 0.3) is 0 Å². The van der Waals surface area contributed by atoms with Crippen LogP contribution in [0.25, 0.3) is 0 Å². The number of hydrogen-bond acceptors (Lipinski definition) is 3. The average Bonchev–Trinajstić information content (AvgIpc) is 3.19. The number of rotatable bonds is 7. The van der Waals surface area contributed by atoms with E-state index in [4.69, 9.17) is 4.99 Å². The number of nitrogens with zero attached hydrogens (tertiary/aromatic N) is 2. The molecule has 2 N–H and O–H groups in total. The highest BCUT2D eigenvalue weighted by molar-refractivity contribution is 7.99. The second-order valence-electron chi connectivity index (χ2n) is 6.54. The van der Waals surface area contributed by atoms with Crippen LogP contribution >= 0.6 is 11.8 Å². The molecule has 2 aliphatic rings. The van der Waals surface area contributed by atoms with Crippen LogP contribution in [0.3, 0.4) is 0 Å². The zero-order valence-corrected chi connectivity index (χ0v) is 15.4. The summed E-state index contributed by atoms with van der Waals surface area (Å²) < 4.78 is 0. The molecule has 0 amide bonds. The number of hydrogen-bond donors (Lipinski definition) is 2. The Bertz CT molecular complexity index is 342. The van der Waals surface area contributed by atoms with Gasteiger partial charge >= 0.3 is 0 Å². The molecule has 1 aliphatic heterocycles. The number of likely N-dealkylation sites (tertiary alicyclic amines) is 1. The van der Waals surface area contributed by atoms with Gasteiger partial charge in [-0.15, -0.1) is 0 Å². The third-order valence-electron chi connectivity index (χ3n) is 4.99. The van der Waals surface area contributed by atoms with E-state index in [1.165, 1.54) is 51.6 Å². The van der Waals surface area contributed by atoms with Gasteiger partial charge < -0.3 is 10.6 Å². The maximum atomic E-state index is 4.89. The number of guanidine groups is 1. The van der Waals surface area contributed by atoms with E-state index in [2.05, 4.69) is 35.6 Å². The Morgan fingerprint density at radius 3 is 2.64 bits per heavy atom. The predicted octanol–water partition coefficient (Wildman–Crippen LogP) is 2.70. The van der Waals surface area contributed by atoms with Crippen molar-refractivity contribution in [3.8, 4) is 0 Å². The molecule has 1 saturated carbocycles. The molecule has 128 valence electrons. The Morgan fingerprint density at radius 2 is 2.05 bits per heavy atom. The van der Waals surface area contributed by atoms with E-state index in [-0.39, 0.29) is 0 Å². The highest BCUT2D eigenvalue weighted by Crippen LogP contribution is 2.28. The second-order valence-corrected chi connectivity index (χ2v) is 7.67. The molecule has 2 fully saturated rings. The monoisotopic (exact) mass is 326 g/mol. The summed E-state index contributed by atoms with van der Waals surface area (Å²) in [6, 6.07) is 1.21. The Labute approximate surface area is 140 Å². The van der Waals surface area contributed by atoms with Crippen LogP contribution in [0, 0.1) is 0 Å². The molecular weight excluding hydrogens is 292 g/mol. The SMILES string of the molecule is CCNC(=NCC(CC)N1CCCC1)NC1CCC(SC)C1. The van der Waals surface area contributed by atoms with Crippen LogP contribution in [0.15, 0.2) is 4.99 Å². The van der Waals surface area contributed by atoms with Gasteiger partial charge in [-0.3, -0.25) is 9.89 Å². The van der Waals surface area contributed by atoms with Crippen LogP contribution < -0.4 is 10.6 Å². The molecule has 1 aliphatic carbocycles. The summed E-state index contributed by atoms with van der Waals surface area (Å²) in [6.45, 7) is 8.81. The first-order valence-electron chi connectivity index (χ1n) is 9.08. The predicted molar refractivity (Wildman–Crippen MR) is 98.9 cm³/mol. The first kappa shape index (κ1) is 17.9. The molecule has 0 aromatic carbocycles. The van der Waals surface area contributed by atoms with Crippen molar-refractivity contribution in [1.82, 2.24) is 15.5 Å². The van der Waals surface area contributed by atoms with Gasteiger partial charge in [0.2, 0.25) is 0 Å². The normalized spacial score (nSPS) is 28.0. The van der Waals surface area contributed by atoms with Crippen molar-refractivity contribution in [1.29, 1.82) is 0 Å². The molecule has 4 nitrogen and oxygen atoms in total. The van der Waals surface area contributed by atoms with Crippen molar-refractivity contribution in [3.63, 3.8) is 0 Å². The molecule has 22 heavy (non-hydrogen) atoms. The van der Waals surface area contributed by atoms with E-state index in [1.54, 1.807) is 0 Å². The van der Waals surface area contributed by atoms with Crippen molar-refractivity contribution < 1.29 is 0 Å².